The van der Waals surface area contributed by atoms with Crippen molar-refractivity contribution in [2.24, 2.45) is 7.05 Å². The summed E-state index contributed by atoms with van der Waals surface area (Å²) in [5, 5.41) is 18.9. The number of aromatic nitrogens is 3. The van der Waals surface area contributed by atoms with Gasteiger partial charge in [-0.1, -0.05) is 24.3 Å². The molecule has 25 heavy (non-hydrogen) atoms. The first kappa shape index (κ1) is 16.6. The van der Waals surface area contributed by atoms with Crippen LogP contribution in [-0.4, -0.2) is 28.1 Å². The van der Waals surface area contributed by atoms with Crippen LogP contribution in [0.3, 0.4) is 0 Å². The number of rotatable bonds is 5. The van der Waals surface area contributed by atoms with Crippen LogP contribution in [0.15, 0.2) is 59.8 Å². The van der Waals surface area contributed by atoms with Gasteiger partial charge in [-0.15, -0.1) is 10.2 Å². The molecule has 0 fully saturated rings. The first-order valence-electron chi connectivity index (χ1n) is 7.10. The molecule has 9 nitrogen and oxygen atoms in total. The molecule has 1 N–H and O–H groups in total. The number of nitrogens with zero attached hydrogens (tertiary/aromatic N) is 4. The van der Waals surface area contributed by atoms with E-state index in [1.807, 2.05) is 0 Å². The van der Waals surface area contributed by atoms with Crippen molar-refractivity contribution in [3.63, 3.8) is 0 Å². The molecule has 0 spiro atoms. The molecule has 0 radical (unpaired) electrons. The van der Waals surface area contributed by atoms with Gasteiger partial charge in [0, 0.05) is 18.7 Å². The zero-order valence-electron chi connectivity index (χ0n) is 13.0. The highest BCUT2D eigenvalue weighted by molar-refractivity contribution is 7.92. The lowest BCUT2D eigenvalue weighted by atomic mass is 10.2. The molecule has 0 saturated heterocycles. The van der Waals surface area contributed by atoms with E-state index in [4.69, 9.17) is 0 Å². The fraction of sp³-hybridized carbons (Fsp3) is 0.0667. The number of nitro benzene ring substituents is 1. The molecular weight excluding hydrogens is 346 g/mol. The van der Waals surface area contributed by atoms with Crippen LogP contribution in [0.2, 0.25) is 0 Å². The maximum atomic E-state index is 12.7. The van der Waals surface area contributed by atoms with Gasteiger partial charge >= 0.3 is 0 Å². The summed E-state index contributed by atoms with van der Waals surface area (Å²) < 4.78 is 29.4. The molecule has 0 bridgehead atoms. The van der Waals surface area contributed by atoms with Gasteiger partial charge in [0.25, 0.3) is 15.7 Å². The van der Waals surface area contributed by atoms with Crippen LogP contribution in [0.5, 0.6) is 0 Å². The molecule has 0 amide bonds. The van der Waals surface area contributed by atoms with Crippen molar-refractivity contribution in [2.45, 2.75) is 4.90 Å². The summed E-state index contributed by atoms with van der Waals surface area (Å²) in [6.45, 7) is 0. The Hall–Kier alpha value is -3.27. The molecule has 3 aromatic rings. The van der Waals surface area contributed by atoms with E-state index in [0.29, 0.717) is 11.4 Å². The molecule has 1 heterocycles. The summed E-state index contributed by atoms with van der Waals surface area (Å²) in [4.78, 5) is 9.97. The standard InChI is InChI=1S/C15H13N5O4S/c1-19-10-16-17-15(19)11-6-2-3-7-12(11)18-25(23,24)14-9-5-4-8-13(14)20(21)22/h2-10,18H,1H3. The largest absolute Gasteiger partial charge is 0.317 e. The molecular formula is C15H13N5O4S. The third-order valence-corrected chi connectivity index (χ3v) is 4.89. The zero-order valence-corrected chi connectivity index (χ0v) is 13.8. The molecule has 0 atom stereocenters. The number of nitro groups is 1. The van der Waals surface area contributed by atoms with Crippen LogP contribution in [0.4, 0.5) is 11.4 Å². The average Bonchev–Trinajstić information content (AvgIpc) is 3.01. The fourth-order valence-electron chi connectivity index (χ4n) is 2.33. The van der Waals surface area contributed by atoms with Crippen molar-refractivity contribution in [1.82, 2.24) is 14.8 Å². The Morgan fingerprint density at radius 1 is 1.12 bits per heavy atom. The minimum absolute atomic E-state index is 0.247. The third kappa shape index (κ3) is 3.19. The molecule has 1 aromatic heterocycles. The lowest BCUT2D eigenvalue weighted by Crippen LogP contribution is -2.15. The Morgan fingerprint density at radius 3 is 2.48 bits per heavy atom. The minimum Gasteiger partial charge on any atom is -0.317 e. The number of hydrogen-bond donors (Lipinski definition) is 1. The van der Waals surface area contributed by atoms with E-state index in [2.05, 4.69) is 14.9 Å². The van der Waals surface area contributed by atoms with E-state index in [0.717, 1.165) is 6.07 Å². The van der Waals surface area contributed by atoms with Crippen LogP contribution in [-0.2, 0) is 17.1 Å². The van der Waals surface area contributed by atoms with Gasteiger partial charge in [-0.2, -0.15) is 0 Å². The smallest absolute Gasteiger partial charge is 0.289 e. The second-order valence-corrected chi connectivity index (χ2v) is 6.79. The molecule has 0 saturated carbocycles. The van der Waals surface area contributed by atoms with Gasteiger partial charge in [-0.3, -0.25) is 14.8 Å². The Labute approximate surface area is 143 Å². The predicted molar refractivity (Wildman–Crippen MR) is 90.3 cm³/mol. The Morgan fingerprint density at radius 2 is 1.80 bits per heavy atom. The van der Waals surface area contributed by atoms with Gasteiger partial charge < -0.3 is 4.57 Å². The molecule has 0 aliphatic heterocycles. The summed E-state index contributed by atoms with van der Waals surface area (Å²) in [6, 6.07) is 11.8. The first-order valence-corrected chi connectivity index (χ1v) is 8.58. The summed E-state index contributed by atoms with van der Waals surface area (Å²) in [6.07, 6.45) is 1.49. The molecule has 0 unspecified atom stereocenters. The lowest BCUT2D eigenvalue weighted by Gasteiger charge is -2.12. The highest BCUT2D eigenvalue weighted by Crippen LogP contribution is 2.30. The van der Waals surface area contributed by atoms with E-state index >= 15 is 0 Å². The molecule has 10 heteroatoms. The average molecular weight is 359 g/mol. The summed E-state index contributed by atoms with van der Waals surface area (Å²) in [7, 11) is -2.44. The number of hydrogen-bond acceptors (Lipinski definition) is 6. The number of nitrogens with one attached hydrogen (secondary N) is 1. The van der Waals surface area contributed by atoms with Gasteiger partial charge in [-0.05, 0) is 18.2 Å². The van der Waals surface area contributed by atoms with Crippen molar-refractivity contribution in [1.29, 1.82) is 0 Å². The topological polar surface area (TPSA) is 120 Å². The highest BCUT2D eigenvalue weighted by Gasteiger charge is 2.26. The Balaban J connectivity index is 2.07. The molecule has 128 valence electrons. The SMILES string of the molecule is Cn1cnnc1-c1ccccc1NS(=O)(=O)c1ccccc1[N+](=O)[O-]. The molecule has 0 aliphatic carbocycles. The minimum atomic E-state index is -4.16. The van der Waals surface area contributed by atoms with Crippen LogP contribution in [0.25, 0.3) is 11.4 Å². The molecule has 2 aromatic carbocycles. The van der Waals surface area contributed by atoms with E-state index < -0.39 is 25.5 Å². The fourth-order valence-corrected chi connectivity index (χ4v) is 3.58. The van der Waals surface area contributed by atoms with E-state index in [-0.39, 0.29) is 5.69 Å². The Kier molecular flexibility index (Phi) is 4.19. The predicted octanol–water partition coefficient (Wildman–Crippen LogP) is 2.19. The highest BCUT2D eigenvalue weighted by atomic mass is 32.2. The number of benzene rings is 2. The van der Waals surface area contributed by atoms with Crippen molar-refractivity contribution in [3.8, 4) is 11.4 Å². The number of sulfonamides is 1. The van der Waals surface area contributed by atoms with Crippen LogP contribution >= 0.6 is 0 Å². The van der Waals surface area contributed by atoms with Crippen LogP contribution < -0.4 is 4.72 Å². The summed E-state index contributed by atoms with van der Waals surface area (Å²) in [5.41, 5.74) is 0.257. The maximum absolute atomic E-state index is 12.7. The van der Waals surface area contributed by atoms with Gasteiger partial charge in [-0.25, -0.2) is 8.42 Å². The van der Waals surface area contributed by atoms with Gasteiger partial charge in [0.2, 0.25) is 0 Å². The van der Waals surface area contributed by atoms with E-state index in [1.165, 1.54) is 24.5 Å². The zero-order chi connectivity index (χ0) is 18.0. The monoisotopic (exact) mass is 359 g/mol. The second kappa shape index (κ2) is 6.32. The third-order valence-electron chi connectivity index (χ3n) is 3.48. The molecule has 0 aliphatic rings. The van der Waals surface area contributed by atoms with Gasteiger partial charge in [0.1, 0.15) is 6.33 Å². The van der Waals surface area contributed by atoms with Gasteiger partial charge in [0.15, 0.2) is 10.7 Å². The van der Waals surface area contributed by atoms with Crippen LogP contribution in [0, 0.1) is 10.1 Å². The van der Waals surface area contributed by atoms with Crippen molar-refractivity contribution in [2.75, 3.05) is 4.72 Å². The quantitative estimate of drug-likeness (QED) is 0.551. The van der Waals surface area contributed by atoms with Crippen molar-refractivity contribution < 1.29 is 13.3 Å². The summed E-state index contributed by atoms with van der Waals surface area (Å²) in [5.74, 6) is 0.459. The summed E-state index contributed by atoms with van der Waals surface area (Å²) >= 11 is 0. The second-order valence-electron chi connectivity index (χ2n) is 5.14. The molecule has 3 rings (SSSR count). The van der Waals surface area contributed by atoms with Crippen LogP contribution in [0.1, 0.15) is 0 Å². The number of aryl methyl sites for hydroxylation is 1. The van der Waals surface area contributed by atoms with Gasteiger partial charge in [0.05, 0.1) is 10.6 Å². The first-order chi connectivity index (χ1) is 11.9. The maximum Gasteiger partial charge on any atom is 0.289 e. The van der Waals surface area contributed by atoms with Crippen molar-refractivity contribution in [3.05, 3.63) is 65.0 Å². The lowest BCUT2D eigenvalue weighted by molar-refractivity contribution is -0.387. The normalized spacial score (nSPS) is 11.2. The van der Waals surface area contributed by atoms with E-state index in [1.54, 1.807) is 35.9 Å². The Bertz CT molecular complexity index is 1050. The van der Waals surface area contributed by atoms with Crippen molar-refractivity contribution >= 4 is 21.4 Å². The van der Waals surface area contributed by atoms with E-state index in [9.17, 15) is 18.5 Å². The number of para-hydroxylation sites is 2. The number of anilines is 1.